The van der Waals surface area contributed by atoms with E-state index in [1.54, 1.807) is 25.3 Å². The molecule has 122 valence electrons. The smallest absolute Gasteiger partial charge is 0.269 e. The van der Waals surface area contributed by atoms with Crippen molar-refractivity contribution in [2.45, 2.75) is 6.92 Å². The predicted octanol–water partition coefficient (Wildman–Crippen LogP) is 4.43. The minimum Gasteiger partial charge on any atom is -0.497 e. The van der Waals surface area contributed by atoms with Crippen LogP contribution in [0.5, 0.6) is 5.75 Å². The molecule has 1 amide bonds. The van der Waals surface area contributed by atoms with Crippen LogP contribution in [0.1, 0.15) is 15.2 Å². The fourth-order valence-corrected chi connectivity index (χ4v) is 3.06. The summed E-state index contributed by atoms with van der Waals surface area (Å²) in [5, 5.41) is 7.60. The predicted molar refractivity (Wildman–Crippen MR) is 96.0 cm³/mol. The molecule has 0 aliphatic rings. The van der Waals surface area contributed by atoms with E-state index >= 15 is 0 Å². The number of rotatable bonds is 4. The van der Waals surface area contributed by atoms with E-state index in [4.69, 9.17) is 16.3 Å². The van der Waals surface area contributed by atoms with Crippen LogP contribution in [0.15, 0.2) is 42.5 Å². The molecule has 0 saturated carbocycles. The third-order valence-electron chi connectivity index (χ3n) is 3.47. The monoisotopic (exact) mass is 359 g/mol. The maximum Gasteiger partial charge on any atom is 0.269 e. The van der Waals surface area contributed by atoms with Gasteiger partial charge in [0.15, 0.2) is 0 Å². The minimum absolute atomic E-state index is 0.256. The highest BCUT2D eigenvalue weighted by atomic mass is 35.5. The average Bonchev–Trinajstić information content (AvgIpc) is 3.07. The van der Waals surface area contributed by atoms with Crippen LogP contribution in [0.25, 0.3) is 11.3 Å². The number of hydrogen-bond acceptors (Lipinski definition) is 5. The van der Waals surface area contributed by atoms with E-state index in [0.29, 0.717) is 27.0 Å². The van der Waals surface area contributed by atoms with Crippen molar-refractivity contribution in [3.8, 4) is 17.0 Å². The molecule has 0 unspecified atom stereocenters. The first-order valence-electron chi connectivity index (χ1n) is 7.13. The number of methoxy groups -OCH3 is 1. The second-order valence-electron chi connectivity index (χ2n) is 5.10. The van der Waals surface area contributed by atoms with E-state index in [1.807, 2.05) is 31.2 Å². The molecule has 3 aromatic rings. The molecule has 0 spiro atoms. The molecule has 0 bridgehead atoms. The van der Waals surface area contributed by atoms with Crippen molar-refractivity contribution >= 4 is 34.7 Å². The summed E-state index contributed by atoms with van der Waals surface area (Å²) in [6.07, 6.45) is 0. The molecule has 5 nitrogen and oxygen atoms in total. The summed E-state index contributed by atoms with van der Waals surface area (Å²) < 4.78 is 9.14. The van der Waals surface area contributed by atoms with E-state index < -0.39 is 0 Å². The van der Waals surface area contributed by atoms with E-state index in [9.17, 15) is 4.79 Å². The summed E-state index contributed by atoms with van der Waals surface area (Å²) in [6, 6.07) is 12.7. The van der Waals surface area contributed by atoms with Gasteiger partial charge in [-0.15, -0.1) is 5.10 Å². The van der Waals surface area contributed by atoms with Gasteiger partial charge in [0.1, 0.15) is 16.3 Å². The van der Waals surface area contributed by atoms with Crippen molar-refractivity contribution < 1.29 is 9.53 Å². The molecule has 1 N–H and O–H groups in total. The summed E-state index contributed by atoms with van der Waals surface area (Å²) in [7, 11) is 1.59. The number of ether oxygens (including phenoxy) is 1. The third-order valence-corrected chi connectivity index (χ3v) is 4.43. The van der Waals surface area contributed by atoms with Crippen LogP contribution >= 0.6 is 23.1 Å². The Morgan fingerprint density at radius 2 is 2.08 bits per heavy atom. The maximum atomic E-state index is 12.6. The highest BCUT2D eigenvalue weighted by Gasteiger charge is 2.19. The Balaban J connectivity index is 1.90. The van der Waals surface area contributed by atoms with E-state index in [-0.39, 0.29) is 5.91 Å². The molecule has 3 rings (SSSR count). The van der Waals surface area contributed by atoms with Crippen LogP contribution in [-0.4, -0.2) is 22.6 Å². The van der Waals surface area contributed by atoms with Gasteiger partial charge in [-0.3, -0.25) is 4.79 Å². The molecule has 1 heterocycles. The fourth-order valence-electron chi connectivity index (χ4n) is 2.25. The highest BCUT2D eigenvalue weighted by molar-refractivity contribution is 7.08. The molecule has 0 radical (unpaired) electrons. The number of hydrogen-bond donors (Lipinski definition) is 1. The van der Waals surface area contributed by atoms with Gasteiger partial charge in [-0.1, -0.05) is 28.2 Å². The summed E-state index contributed by atoms with van der Waals surface area (Å²) in [4.78, 5) is 13.1. The van der Waals surface area contributed by atoms with E-state index in [1.165, 1.54) is 0 Å². The Hall–Kier alpha value is -2.44. The summed E-state index contributed by atoms with van der Waals surface area (Å²) >= 11 is 7.00. The van der Waals surface area contributed by atoms with Crippen LogP contribution in [0.2, 0.25) is 5.02 Å². The van der Waals surface area contributed by atoms with Crippen molar-refractivity contribution in [1.82, 2.24) is 9.59 Å². The number of anilines is 1. The molecule has 1 aromatic heterocycles. The summed E-state index contributed by atoms with van der Waals surface area (Å²) in [6.45, 7) is 1.88. The molecule has 2 aromatic carbocycles. The normalized spacial score (nSPS) is 10.5. The van der Waals surface area contributed by atoms with Crippen molar-refractivity contribution in [2.75, 3.05) is 12.4 Å². The van der Waals surface area contributed by atoms with Gasteiger partial charge < -0.3 is 10.1 Å². The lowest BCUT2D eigenvalue weighted by Crippen LogP contribution is -2.12. The summed E-state index contributed by atoms with van der Waals surface area (Å²) in [5.74, 6) is 0.439. The van der Waals surface area contributed by atoms with Crippen molar-refractivity contribution in [3.63, 3.8) is 0 Å². The number of aromatic nitrogens is 2. The third kappa shape index (κ3) is 3.39. The van der Waals surface area contributed by atoms with Gasteiger partial charge >= 0.3 is 0 Å². The lowest BCUT2D eigenvalue weighted by molar-refractivity contribution is 0.103. The molecular formula is C17H14ClN3O2S. The first kappa shape index (κ1) is 16.4. The zero-order chi connectivity index (χ0) is 17.1. The lowest BCUT2D eigenvalue weighted by atomic mass is 10.1. The molecule has 0 saturated heterocycles. The molecule has 0 aliphatic carbocycles. The SMILES string of the molecule is COc1cccc(-c2nnsc2C(=O)Nc2ccc(Cl)cc2C)c1. The molecular weight excluding hydrogens is 346 g/mol. The number of nitrogens with zero attached hydrogens (tertiary/aromatic N) is 2. The number of carbonyl (C=O) groups is 1. The number of carbonyl (C=O) groups excluding carboxylic acids is 1. The number of aryl methyl sites for hydroxylation is 1. The van der Waals surface area contributed by atoms with E-state index in [0.717, 1.165) is 22.7 Å². The topological polar surface area (TPSA) is 64.1 Å². The van der Waals surface area contributed by atoms with Gasteiger partial charge in [0, 0.05) is 16.3 Å². The maximum absolute atomic E-state index is 12.6. The van der Waals surface area contributed by atoms with Gasteiger partial charge in [0.25, 0.3) is 5.91 Å². The zero-order valence-corrected chi connectivity index (χ0v) is 14.6. The number of halogens is 1. The number of nitrogens with one attached hydrogen (secondary N) is 1. The zero-order valence-electron chi connectivity index (χ0n) is 13.0. The first-order valence-corrected chi connectivity index (χ1v) is 8.28. The van der Waals surface area contributed by atoms with Gasteiger partial charge in [-0.2, -0.15) is 0 Å². The molecule has 7 heteroatoms. The Morgan fingerprint density at radius 3 is 2.83 bits per heavy atom. The molecule has 24 heavy (non-hydrogen) atoms. The van der Waals surface area contributed by atoms with Crippen LogP contribution in [-0.2, 0) is 0 Å². The fraction of sp³-hybridized carbons (Fsp3) is 0.118. The summed E-state index contributed by atoms with van der Waals surface area (Å²) in [5.41, 5.74) is 2.90. The molecule has 0 atom stereocenters. The van der Waals surface area contributed by atoms with Crippen LogP contribution < -0.4 is 10.1 Å². The second-order valence-corrected chi connectivity index (χ2v) is 6.29. The van der Waals surface area contributed by atoms with Crippen molar-refractivity contribution in [2.24, 2.45) is 0 Å². The molecule has 0 aliphatic heterocycles. The van der Waals surface area contributed by atoms with Crippen LogP contribution in [0, 0.1) is 6.92 Å². The Kier molecular flexibility index (Phi) is 4.78. The largest absolute Gasteiger partial charge is 0.497 e. The minimum atomic E-state index is -0.256. The average molecular weight is 360 g/mol. The Bertz CT molecular complexity index is 895. The quantitative estimate of drug-likeness (QED) is 0.748. The van der Waals surface area contributed by atoms with Crippen molar-refractivity contribution in [3.05, 3.63) is 57.9 Å². The second kappa shape index (κ2) is 6.98. The van der Waals surface area contributed by atoms with Crippen molar-refractivity contribution in [1.29, 1.82) is 0 Å². The van der Waals surface area contributed by atoms with Gasteiger partial charge in [-0.25, -0.2) is 0 Å². The standard InChI is InChI=1S/C17H14ClN3O2S/c1-10-8-12(18)6-7-14(10)19-17(22)16-15(20-21-24-16)11-4-3-5-13(9-11)23-2/h3-9H,1-2H3,(H,19,22). The van der Waals surface area contributed by atoms with Crippen LogP contribution in [0.4, 0.5) is 5.69 Å². The van der Waals surface area contributed by atoms with Gasteiger partial charge in [0.2, 0.25) is 0 Å². The molecule has 0 fully saturated rings. The number of benzene rings is 2. The number of amides is 1. The lowest BCUT2D eigenvalue weighted by Gasteiger charge is -2.08. The Morgan fingerprint density at radius 1 is 1.25 bits per heavy atom. The van der Waals surface area contributed by atoms with E-state index in [2.05, 4.69) is 14.9 Å². The van der Waals surface area contributed by atoms with Gasteiger partial charge in [-0.05, 0) is 54.4 Å². The highest BCUT2D eigenvalue weighted by Crippen LogP contribution is 2.28. The van der Waals surface area contributed by atoms with Gasteiger partial charge in [0.05, 0.1) is 7.11 Å². The Labute approximate surface area is 148 Å². The van der Waals surface area contributed by atoms with Crippen LogP contribution in [0.3, 0.4) is 0 Å². The first-order chi connectivity index (χ1) is 11.6.